The molecule has 17 heavy (non-hydrogen) atoms. The first-order valence-corrected chi connectivity index (χ1v) is 6.88. The van der Waals surface area contributed by atoms with Crippen LogP contribution in [0.25, 0.3) is 0 Å². The zero-order valence-electron chi connectivity index (χ0n) is 9.44. The van der Waals surface area contributed by atoms with Gasteiger partial charge < -0.3 is 10.3 Å². The molecule has 0 saturated heterocycles. The van der Waals surface area contributed by atoms with Crippen LogP contribution in [0.2, 0.25) is 0 Å². The molecule has 0 saturated carbocycles. The van der Waals surface area contributed by atoms with Gasteiger partial charge in [0, 0.05) is 11.3 Å². The van der Waals surface area contributed by atoms with Gasteiger partial charge in [0.1, 0.15) is 11.0 Å². The molecule has 0 aliphatic heterocycles. The standard InChI is InChI=1S/C11H15NO4S/c1-2-17(15,16)10(8-13)11(12-14)9-6-4-3-5-7-9/h3-7,10,13-14H,2,8H2,1H3/b12-11-/t10-/m1/s1. The number of hydrogen-bond acceptors (Lipinski definition) is 5. The number of aliphatic hydroxyl groups is 1. The Hall–Kier alpha value is -1.40. The maximum Gasteiger partial charge on any atom is 0.161 e. The van der Waals surface area contributed by atoms with Crippen molar-refractivity contribution in [2.75, 3.05) is 12.4 Å². The third-order valence-corrected chi connectivity index (χ3v) is 4.53. The third kappa shape index (κ3) is 3.04. The highest BCUT2D eigenvalue weighted by Crippen LogP contribution is 2.12. The molecule has 6 heteroatoms. The van der Waals surface area contributed by atoms with Crippen LogP contribution in [0, 0.1) is 0 Å². The molecular weight excluding hydrogens is 242 g/mol. The van der Waals surface area contributed by atoms with Crippen LogP contribution in [0.5, 0.6) is 0 Å². The number of hydrogen-bond donors (Lipinski definition) is 2. The van der Waals surface area contributed by atoms with Gasteiger partial charge in [0.2, 0.25) is 0 Å². The summed E-state index contributed by atoms with van der Waals surface area (Å²) < 4.78 is 23.5. The largest absolute Gasteiger partial charge is 0.411 e. The molecule has 0 unspecified atom stereocenters. The van der Waals surface area contributed by atoms with Gasteiger partial charge in [-0.1, -0.05) is 42.4 Å². The van der Waals surface area contributed by atoms with Crippen LogP contribution in [-0.2, 0) is 9.84 Å². The summed E-state index contributed by atoms with van der Waals surface area (Å²) in [6, 6.07) is 8.42. The van der Waals surface area contributed by atoms with E-state index in [4.69, 9.17) is 5.21 Å². The minimum atomic E-state index is -3.51. The first-order valence-electron chi connectivity index (χ1n) is 5.16. The quantitative estimate of drug-likeness (QED) is 0.461. The van der Waals surface area contributed by atoms with Gasteiger partial charge in [0.05, 0.1) is 6.61 Å². The number of benzene rings is 1. The second-order valence-electron chi connectivity index (χ2n) is 3.47. The van der Waals surface area contributed by atoms with E-state index in [0.29, 0.717) is 5.56 Å². The van der Waals surface area contributed by atoms with Gasteiger partial charge in [-0.3, -0.25) is 0 Å². The SMILES string of the molecule is CCS(=O)(=O)[C@H](CO)/C(=N\O)c1ccccc1. The summed E-state index contributed by atoms with van der Waals surface area (Å²) in [5.74, 6) is -0.121. The lowest BCUT2D eigenvalue weighted by atomic mass is 10.1. The fourth-order valence-electron chi connectivity index (χ4n) is 1.49. The molecule has 2 N–H and O–H groups in total. The second kappa shape index (κ2) is 5.79. The van der Waals surface area contributed by atoms with Crippen LogP contribution >= 0.6 is 0 Å². The monoisotopic (exact) mass is 257 g/mol. The highest BCUT2D eigenvalue weighted by Gasteiger charge is 2.29. The summed E-state index contributed by atoms with van der Waals surface area (Å²) in [5.41, 5.74) is 0.445. The summed E-state index contributed by atoms with van der Waals surface area (Å²) in [5, 5.41) is 20.0. The van der Waals surface area contributed by atoms with Gasteiger partial charge in [0.25, 0.3) is 0 Å². The van der Waals surface area contributed by atoms with Gasteiger partial charge in [-0.25, -0.2) is 8.42 Å². The van der Waals surface area contributed by atoms with Crippen LogP contribution in [0.1, 0.15) is 12.5 Å². The molecule has 0 bridgehead atoms. The average Bonchev–Trinajstić information content (AvgIpc) is 2.36. The molecule has 0 aromatic heterocycles. The summed E-state index contributed by atoms with van der Waals surface area (Å²) in [6.45, 7) is 0.877. The Bertz CT molecular complexity index is 481. The summed E-state index contributed by atoms with van der Waals surface area (Å²) in [6.07, 6.45) is 0. The molecule has 5 nitrogen and oxygen atoms in total. The van der Waals surface area contributed by atoms with Gasteiger partial charge in [-0.2, -0.15) is 0 Å². The van der Waals surface area contributed by atoms with Crippen LogP contribution < -0.4 is 0 Å². The van der Waals surface area contributed by atoms with Gasteiger partial charge >= 0.3 is 0 Å². The highest BCUT2D eigenvalue weighted by atomic mass is 32.2. The van der Waals surface area contributed by atoms with E-state index in [2.05, 4.69) is 5.16 Å². The minimum absolute atomic E-state index is 0.0325. The van der Waals surface area contributed by atoms with Crippen molar-refractivity contribution in [2.45, 2.75) is 12.2 Å². The van der Waals surface area contributed by atoms with E-state index in [1.807, 2.05) is 0 Å². The van der Waals surface area contributed by atoms with Crippen molar-refractivity contribution >= 4 is 15.5 Å². The van der Waals surface area contributed by atoms with Crippen LogP contribution in [0.4, 0.5) is 0 Å². The molecular formula is C11H15NO4S. The normalized spacial score (nSPS) is 14.6. The first-order chi connectivity index (χ1) is 8.06. The van der Waals surface area contributed by atoms with Gasteiger partial charge in [-0.05, 0) is 0 Å². The maximum absolute atomic E-state index is 11.8. The molecule has 0 aliphatic carbocycles. The van der Waals surface area contributed by atoms with E-state index in [-0.39, 0.29) is 11.5 Å². The highest BCUT2D eigenvalue weighted by molar-refractivity contribution is 7.92. The Labute approximate surface area is 100 Å². The molecule has 1 aromatic rings. The molecule has 0 aliphatic rings. The first kappa shape index (κ1) is 13.7. The summed E-state index contributed by atoms with van der Waals surface area (Å²) in [7, 11) is -3.51. The molecule has 94 valence electrons. The zero-order chi connectivity index (χ0) is 12.9. The summed E-state index contributed by atoms with van der Waals surface area (Å²) in [4.78, 5) is 0. The zero-order valence-corrected chi connectivity index (χ0v) is 10.3. The molecule has 0 spiro atoms. The third-order valence-electron chi connectivity index (χ3n) is 2.48. The van der Waals surface area contributed by atoms with Crippen LogP contribution in [0.3, 0.4) is 0 Å². The molecule has 0 fully saturated rings. The van der Waals surface area contributed by atoms with Crippen molar-refractivity contribution in [3.63, 3.8) is 0 Å². The topological polar surface area (TPSA) is 87.0 Å². The number of sulfone groups is 1. The smallest absolute Gasteiger partial charge is 0.161 e. The Morgan fingerprint density at radius 3 is 2.35 bits per heavy atom. The molecule has 1 atom stereocenters. The molecule has 1 rings (SSSR count). The van der Waals surface area contributed by atoms with Crippen molar-refractivity contribution < 1.29 is 18.7 Å². The number of nitrogens with zero attached hydrogens (tertiary/aromatic N) is 1. The van der Waals surface area contributed by atoms with E-state index in [0.717, 1.165) is 0 Å². The minimum Gasteiger partial charge on any atom is -0.411 e. The lowest BCUT2D eigenvalue weighted by molar-refractivity contribution is 0.296. The van der Waals surface area contributed by atoms with Crippen LogP contribution in [-0.4, -0.2) is 42.1 Å². The Morgan fingerprint density at radius 1 is 1.35 bits per heavy atom. The van der Waals surface area contributed by atoms with Crippen molar-refractivity contribution in [1.29, 1.82) is 0 Å². The Kier molecular flexibility index (Phi) is 4.65. The predicted octanol–water partition coefficient (Wildman–Crippen LogP) is 0.661. The van der Waals surface area contributed by atoms with Crippen LogP contribution in [0.15, 0.2) is 35.5 Å². The Balaban J connectivity index is 3.20. The van der Waals surface area contributed by atoms with Gasteiger partial charge in [0.15, 0.2) is 9.84 Å². The fourth-order valence-corrected chi connectivity index (χ4v) is 2.64. The van der Waals surface area contributed by atoms with Gasteiger partial charge in [-0.15, -0.1) is 0 Å². The number of oxime groups is 1. The molecule has 1 aromatic carbocycles. The van der Waals surface area contributed by atoms with Crippen molar-refractivity contribution in [1.82, 2.24) is 0 Å². The van der Waals surface area contributed by atoms with E-state index < -0.39 is 21.7 Å². The van der Waals surface area contributed by atoms with Crippen molar-refractivity contribution in [3.05, 3.63) is 35.9 Å². The fraction of sp³-hybridized carbons (Fsp3) is 0.364. The van der Waals surface area contributed by atoms with Crippen molar-refractivity contribution in [2.24, 2.45) is 5.16 Å². The van der Waals surface area contributed by atoms with E-state index in [9.17, 15) is 13.5 Å². The molecule has 0 radical (unpaired) electrons. The molecule has 0 heterocycles. The summed E-state index contributed by atoms with van der Waals surface area (Å²) >= 11 is 0. The second-order valence-corrected chi connectivity index (χ2v) is 5.95. The lowest BCUT2D eigenvalue weighted by Gasteiger charge is -2.15. The van der Waals surface area contributed by atoms with E-state index in [1.54, 1.807) is 30.3 Å². The van der Waals surface area contributed by atoms with Crippen molar-refractivity contribution in [3.8, 4) is 0 Å². The molecule has 0 amide bonds. The lowest BCUT2D eigenvalue weighted by Crippen LogP contribution is -2.35. The number of rotatable bonds is 5. The average molecular weight is 257 g/mol. The van der Waals surface area contributed by atoms with E-state index >= 15 is 0 Å². The predicted molar refractivity (Wildman–Crippen MR) is 65.1 cm³/mol. The van der Waals surface area contributed by atoms with E-state index in [1.165, 1.54) is 6.92 Å². The Morgan fingerprint density at radius 2 is 1.94 bits per heavy atom. The maximum atomic E-state index is 11.8. The number of aliphatic hydroxyl groups excluding tert-OH is 1.